The maximum atomic E-state index is 12.6. The van der Waals surface area contributed by atoms with Gasteiger partial charge in [0, 0.05) is 12.8 Å². The largest absolute Gasteiger partial charge is 0.466 e. The maximum Gasteiger partial charge on any atom is 0.305 e. The van der Waals surface area contributed by atoms with Gasteiger partial charge in [0.25, 0.3) is 0 Å². The summed E-state index contributed by atoms with van der Waals surface area (Å²) in [6, 6.07) is -0.628. The van der Waals surface area contributed by atoms with Crippen LogP contribution in [0, 0.1) is 0 Å². The first-order valence-corrected chi connectivity index (χ1v) is 43.6. The number of unbranched alkanes of at least 4 members (excludes halogenated alkanes) is 63. The van der Waals surface area contributed by atoms with Gasteiger partial charge in [0.05, 0.1) is 25.4 Å². The molecule has 0 aromatic carbocycles. The first kappa shape index (κ1) is 93.6. The number of rotatable bonds is 82. The van der Waals surface area contributed by atoms with Gasteiger partial charge >= 0.3 is 5.97 Å². The van der Waals surface area contributed by atoms with Gasteiger partial charge in [-0.05, 0) is 96.3 Å². The average molecular weight is 1350 g/mol. The van der Waals surface area contributed by atoms with Crippen LogP contribution in [0.1, 0.15) is 476 Å². The van der Waals surface area contributed by atoms with Crippen LogP contribution in [0.25, 0.3) is 0 Å². The maximum absolute atomic E-state index is 12.6. The molecule has 0 aliphatic rings. The second-order valence-corrected chi connectivity index (χ2v) is 29.9. The lowest BCUT2D eigenvalue weighted by Crippen LogP contribution is -2.45. The lowest BCUT2D eigenvalue weighted by Gasteiger charge is -2.20. The zero-order chi connectivity index (χ0) is 69.1. The van der Waals surface area contributed by atoms with Crippen LogP contribution in [-0.4, -0.2) is 47.4 Å². The highest BCUT2D eigenvalue weighted by Gasteiger charge is 2.18. The fourth-order valence-corrected chi connectivity index (χ4v) is 13.6. The Morgan fingerprint density at radius 1 is 0.292 bits per heavy atom. The molecule has 0 heterocycles. The Morgan fingerprint density at radius 2 is 0.521 bits per heavy atom. The molecule has 2 unspecified atom stereocenters. The van der Waals surface area contributed by atoms with Crippen LogP contribution in [0.3, 0.4) is 0 Å². The molecule has 6 nitrogen and oxygen atoms in total. The summed E-state index contributed by atoms with van der Waals surface area (Å²) in [5.74, 6) is -0.0490. The zero-order valence-corrected chi connectivity index (χ0v) is 64.9. The van der Waals surface area contributed by atoms with Gasteiger partial charge in [0.2, 0.25) is 5.91 Å². The van der Waals surface area contributed by atoms with E-state index in [1.54, 1.807) is 6.08 Å². The summed E-state index contributed by atoms with van der Waals surface area (Å²) >= 11 is 0. The first-order chi connectivity index (χ1) is 47.5. The summed E-state index contributed by atoms with van der Waals surface area (Å²) in [6.45, 7) is 4.92. The van der Waals surface area contributed by atoms with Gasteiger partial charge in [0.1, 0.15) is 0 Å². The van der Waals surface area contributed by atoms with Gasteiger partial charge < -0.3 is 20.3 Å². The first-order valence-electron chi connectivity index (χ1n) is 43.6. The summed E-state index contributed by atoms with van der Waals surface area (Å²) in [5, 5.41) is 23.3. The number of aliphatic hydroxyl groups is 2. The van der Waals surface area contributed by atoms with Crippen molar-refractivity contribution in [1.29, 1.82) is 0 Å². The molecule has 0 spiro atoms. The van der Waals surface area contributed by atoms with E-state index in [1.165, 1.54) is 392 Å². The minimum atomic E-state index is -0.845. The molecule has 0 fully saturated rings. The SMILES string of the molecule is CCCCC/C=C\C/C=C\CCCCCCCCCC(=O)OCCCCCCCCCCCCCCC/C=C\C/C=C\CCCCCCCCCCCCCCCCCCCC(=O)NC(CO)C(O)/C=C/CCCCCCCCCCCCCCCCCCCCCCCCC. The van der Waals surface area contributed by atoms with Crippen LogP contribution < -0.4 is 5.32 Å². The standard InChI is InChI=1S/C90H169NO5/c1-3-5-7-9-11-13-15-17-19-21-22-23-24-38-41-44-47-51-54-58-62-66-70-74-78-82-88(93)87(86-92)91-89(94)83-79-75-71-67-63-59-55-52-48-45-42-39-36-34-32-30-28-26-25-27-29-31-33-35-37-40-43-46-49-53-57-61-65-69-73-77-81-85-96-90(95)84-80-76-72-68-64-60-56-50-20-18-16-14-12-10-8-6-4-2/h12,14,18,20,25,27,31,33,78,82,87-88,92-93H,3-11,13,15-17,19,21-24,26,28-30,32,34-77,79-81,83-86H2,1-2H3,(H,91,94)/b14-12-,20-18-,27-25-,33-31-,82-78+. The monoisotopic (exact) mass is 1340 g/mol. The van der Waals surface area contributed by atoms with Crippen molar-refractivity contribution in [1.82, 2.24) is 5.32 Å². The molecule has 0 radical (unpaired) electrons. The summed E-state index contributed by atoms with van der Waals surface area (Å²) in [5.41, 5.74) is 0. The highest BCUT2D eigenvalue weighted by molar-refractivity contribution is 5.76. The van der Waals surface area contributed by atoms with Gasteiger partial charge in [-0.15, -0.1) is 0 Å². The van der Waals surface area contributed by atoms with Crippen molar-refractivity contribution in [2.45, 2.75) is 488 Å². The van der Waals surface area contributed by atoms with Crippen LogP contribution >= 0.6 is 0 Å². The molecule has 564 valence electrons. The summed E-state index contributed by atoms with van der Waals surface area (Å²) < 4.78 is 5.51. The van der Waals surface area contributed by atoms with Crippen LogP contribution in [0.2, 0.25) is 0 Å². The quantitative estimate of drug-likeness (QED) is 0.0320. The predicted octanol–water partition coefficient (Wildman–Crippen LogP) is 29.3. The number of aliphatic hydroxyl groups excluding tert-OH is 2. The Kier molecular flexibility index (Phi) is 82.8. The number of ether oxygens (including phenoxy) is 1. The number of hydrogen-bond donors (Lipinski definition) is 3. The molecule has 3 N–H and O–H groups in total. The van der Waals surface area contributed by atoms with Crippen molar-refractivity contribution in [3.8, 4) is 0 Å². The van der Waals surface area contributed by atoms with Gasteiger partial charge in [-0.2, -0.15) is 0 Å². The number of nitrogens with one attached hydrogen (secondary N) is 1. The van der Waals surface area contributed by atoms with Crippen LogP contribution in [-0.2, 0) is 14.3 Å². The lowest BCUT2D eigenvalue weighted by molar-refractivity contribution is -0.143. The number of amides is 1. The van der Waals surface area contributed by atoms with E-state index in [1.807, 2.05) is 6.08 Å². The molecule has 0 saturated heterocycles. The van der Waals surface area contributed by atoms with E-state index >= 15 is 0 Å². The third-order valence-electron chi connectivity index (χ3n) is 20.3. The smallest absolute Gasteiger partial charge is 0.305 e. The molecular formula is C90H169NO5. The van der Waals surface area contributed by atoms with Crippen molar-refractivity contribution in [2.75, 3.05) is 13.2 Å². The minimum absolute atomic E-state index is 0.0112. The normalized spacial score (nSPS) is 12.8. The number of carbonyl (C=O) groups excluding carboxylic acids is 2. The third kappa shape index (κ3) is 80.5. The van der Waals surface area contributed by atoms with Crippen molar-refractivity contribution in [3.63, 3.8) is 0 Å². The van der Waals surface area contributed by atoms with Gasteiger partial charge in [0.15, 0.2) is 0 Å². The van der Waals surface area contributed by atoms with Crippen molar-refractivity contribution in [3.05, 3.63) is 60.8 Å². The molecule has 0 aromatic heterocycles. The predicted molar refractivity (Wildman–Crippen MR) is 425 cm³/mol. The molecule has 0 rings (SSSR count). The van der Waals surface area contributed by atoms with E-state index < -0.39 is 12.1 Å². The van der Waals surface area contributed by atoms with E-state index in [4.69, 9.17) is 4.74 Å². The van der Waals surface area contributed by atoms with E-state index in [9.17, 15) is 19.8 Å². The number of carbonyl (C=O) groups is 2. The molecule has 96 heavy (non-hydrogen) atoms. The van der Waals surface area contributed by atoms with Crippen LogP contribution in [0.5, 0.6) is 0 Å². The molecule has 0 aliphatic heterocycles. The van der Waals surface area contributed by atoms with E-state index in [0.29, 0.717) is 19.4 Å². The van der Waals surface area contributed by atoms with E-state index in [-0.39, 0.29) is 18.5 Å². The molecule has 0 aliphatic carbocycles. The number of allylic oxidation sites excluding steroid dienone is 9. The van der Waals surface area contributed by atoms with Crippen molar-refractivity contribution < 1.29 is 24.5 Å². The van der Waals surface area contributed by atoms with Crippen LogP contribution in [0.4, 0.5) is 0 Å². The third-order valence-corrected chi connectivity index (χ3v) is 20.3. The Labute approximate surface area is 600 Å². The van der Waals surface area contributed by atoms with Crippen molar-refractivity contribution in [2.24, 2.45) is 0 Å². The molecule has 0 saturated carbocycles. The second-order valence-electron chi connectivity index (χ2n) is 29.9. The fraction of sp³-hybridized carbons (Fsp3) is 0.867. The van der Waals surface area contributed by atoms with Gasteiger partial charge in [-0.3, -0.25) is 9.59 Å². The van der Waals surface area contributed by atoms with Gasteiger partial charge in [-0.25, -0.2) is 0 Å². The summed E-state index contributed by atoms with van der Waals surface area (Å²) in [7, 11) is 0. The number of esters is 1. The topological polar surface area (TPSA) is 95.9 Å². The Hall–Kier alpha value is -2.44. The molecule has 1 amide bonds. The van der Waals surface area contributed by atoms with Gasteiger partial charge in [-0.1, -0.05) is 428 Å². The minimum Gasteiger partial charge on any atom is -0.466 e. The van der Waals surface area contributed by atoms with Crippen molar-refractivity contribution >= 4 is 11.9 Å². The molecule has 2 atom stereocenters. The highest BCUT2D eigenvalue weighted by Crippen LogP contribution is 2.20. The molecule has 0 aromatic rings. The molecule has 0 bridgehead atoms. The van der Waals surface area contributed by atoms with E-state index in [2.05, 4.69) is 67.8 Å². The fourth-order valence-electron chi connectivity index (χ4n) is 13.6. The Balaban J connectivity index is 3.39. The second kappa shape index (κ2) is 85.0. The Morgan fingerprint density at radius 3 is 0.812 bits per heavy atom. The van der Waals surface area contributed by atoms with Crippen LogP contribution in [0.15, 0.2) is 60.8 Å². The molecular weight excluding hydrogens is 1170 g/mol. The highest BCUT2D eigenvalue weighted by atomic mass is 16.5. The average Bonchev–Trinajstić information content (AvgIpc) is 2.81. The Bertz CT molecular complexity index is 1650. The number of hydrogen-bond acceptors (Lipinski definition) is 5. The summed E-state index contributed by atoms with van der Waals surface area (Å²) in [4.78, 5) is 24.7. The van der Waals surface area contributed by atoms with E-state index in [0.717, 1.165) is 57.8 Å². The zero-order valence-electron chi connectivity index (χ0n) is 64.9. The lowest BCUT2D eigenvalue weighted by atomic mass is 10.0. The molecule has 6 heteroatoms. The summed E-state index contributed by atoms with van der Waals surface area (Å²) in [6.07, 6.45) is 115.